The minimum Gasteiger partial charge on any atom is -0.438 e. The van der Waals surface area contributed by atoms with E-state index in [0.717, 1.165) is 22.3 Å². The number of hydrogen-bond acceptors (Lipinski definition) is 6. The number of nitrogens with two attached hydrogens (primary N) is 1. The van der Waals surface area contributed by atoms with Gasteiger partial charge in [0.1, 0.15) is 5.75 Å². The van der Waals surface area contributed by atoms with E-state index in [1.165, 1.54) is 0 Å². The fourth-order valence-corrected chi connectivity index (χ4v) is 4.03. The third kappa shape index (κ3) is 5.06. The fraction of sp³-hybridized carbons (Fsp3) is 0.185. The number of ether oxygens (including phenoxy) is 1. The minimum absolute atomic E-state index is 0.235. The summed E-state index contributed by atoms with van der Waals surface area (Å²) in [5.41, 5.74) is 10.9. The van der Waals surface area contributed by atoms with Gasteiger partial charge in [-0.05, 0) is 73.9 Å². The molecule has 0 spiro atoms. The van der Waals surface area contributed by atoms with Gasteiger partial charge in [0.15, 0.2) is 0 Å². The van der Waals surface area contributed by atoms with Gasteiger partial charge < -0.3 is 15.8 Å². The third-order valence-electron chi connectivity index (χ3n) is 5.83. The number of pyridine rings is 1. The molecule has 0 aliphatic heterocycles. The van der Waals surface area contributed by atoms with Crippen LogP contribution in [0, 0.1) is 13.8 Å². The van der Waals surface area contributed by atoms with Gasteiger partial charge in [0.05, 0.1) is 17.3 Å². The van der Waals surface area contributed by atoms with Crippen molar-refractivity contribution in [2.45, 2.75) is 26.8 Å². The second kappa shape index (κ2) is 10.2. The zero-order valence-electron chi connectivity index (χ0n) is 20.2. The first-order chi connectivity index (χ1) is 16.9. The number of primary amides is 1. The number of carbonyl (C=O) groups is 1. The molecule has 0 bridgehead atoms. The fourth-order valence-electron chi connectivity index (χ4n) is 4.03. The van der Waals surface area contributed by atoms with Crippen LogP contribution in [0.3, 0.4) is 0 Å². The monoisotopic (exact) mass is 468 g/mol. The summed E-state index contributed by atoms with van der Waals surface area (Å²) in [5, 5.41) is 2.94. The van der Waals surface area contributed by atoms with Crippen LogP contribution in [0.4, 0.5) is 16.4 Å². The predicted molar refractivity (Wildman–Crippen MR) is 138 cm³/mol. The molecule has 3 N–H and O–H groups in total. The summed E-state index contributed by atoms with van der Waals surface area (Å²) in [6.07, 6.45) is 3.35. The molecule has 2 aromatic carbocycles. The largest absolute Gasteiger partial charge is 0.438 e. The average Bonchev–Trinajstić information content (AvgIpc) is 2.86. The molecule has 8 heteroatoms. The maximum atomic E-state index is 12.5. The Morgan fingerprint density at radius 1 is 1.00 bits per heavy atom. The molecule has 2 amide bonds. The first kappa shape index (κ1) is 23.7. The van der Waals surface area contributed by atoms with Crippen molar-refractivity contribution in [2.24, 2.45) is 5.73 Å². The molecule has 2 heterocycles. The Kier molecular flexibility index (Phi) is 6.91. The molecule has 4 aromatic rings. The number of hydrogen-bond donors (Lipinski definition) is 2. The van der Waals surface area contributed by atoms with E-state index in [0.29, 0.717) is 29.0 Å². The van der Waals surface area contributed by atoms with Crippen molar-refractivity contribution in [3.8, 4) is 22.9 Å². The van der Waals surface area contributed by atoms with Crippen molar-refractivity contribution in [1.82, 2.24) is 15.0 Å². The predicted octanol–water partition coefficient (Wildman–Crippen LogP) is 5.64. The van der Waals surface area contributed by atoms with Crippen molar-refractivity contribution in [3.05, 3.63) is 89.7 Å². The van der Waals surface area contributed by atoms with Gasteiger partial charge >= 0.3 is 6.03 Å². The second-order valence-electron chi connectivity index (χ2n) is 8.16. The summed E-state index contributed by atoms with van der Waals surface area (Å²) in [7, 11) is 1.76. The van der Waals surface area contributed by atoms with Gasteiger partial charge in [-0.1, -0.05) is 24.3 Å². The van der Waals surface area contributed by atoms with Crippen molar-refractivity contribution >= 4 is 17.7 Å². The summed E-state index contributed by atoms with van der Waals surface area (Å²) in [5.74, 6) is 1.54. The molecule has 1 atom stereocenters. The van der Waals surface area contributed by atoms with Crippen LogP contribution in [0.2, 0.25) is 0 Å². The molecular weight excluding hydrogens is 440 g/mol. The Morgan fingerprint density at radius 3 is 2.51 bits per heavy atom. The maximum absolute atomic E-state index is 12.5. The Morgan fingerprint density at radius 2 is 1.80 bits per heavy atom. The minimum atomic E-state index is -0.523. The molecule has 0 aliphatic rings. The lowest BCUT2D eigenvalue weighted by molar-refractivity contribution is 0.252. The van der Waals surface area contributed by atoms with Gasteiger partial charge in [0.25, 0.3) is 0 Å². The van der Waals surface area contributed by atoms with Crippen LogP contribution < -0.4 is 20.7 Å². The molecule has 2 aromatic heterocycles. The van der Waals surface area contributed by atoms with E-state index >= 15 is 0 Å². The number of anilines is 2. The van der Waals surface area contributed by atoms with Crippen molar-refractivity contribution in [2.75, 3.05) is 17.3 Å². The van der Waals surface area contributed by atoms with Crippen LogP contribution >= 0.6 is 0 Å². The van der Waals surface area contributed by atoms with Crippen LogP contribution in [0.25, 0.3) is 11.3 Å². The van der Waals surface area contributed by atoms with Crippen LogP contribution in [-0.2, 0) is 0 Å². The van der Waals surface area contributed by atoms with E-state index in [2.05, 4.69) is 20.3 Å². The smallest absolute Gasteiger partial charge is 0.319 e. The van der Waals surface area contributed by atoms with Crippen LogP contribution in [0.1, 0.15) is 29.7 Å². The van der Waals surface area contributed by atoms with Crippen LogP contribution in [0.5, 0.6) is 11.6 Å². The number of aromatic nitrogens is 3. The molecule has 0 aliphatic carbocycles. The van der Waals surface area contributed by atoms with E-state index in [4.69, 9.17) is 10.5 Å². The highest BCUT2D eigenvalue weighted by molar-refractivity contribution is 5.91. The van der Waals surface area contributed by atoms with E-state index < -0.39 is 6.03 Å². The molecule has 178 valence electrons. The number of amides is 2. The van der Waals surface area contributed by atoms with Crippen LogP contribution in [0.15, 0.2) is 73.1 Å². The highest BCUT2D eigenvalue weighted by atomic mass is 16.5. The first-order valence-electron chi connectivity index (χ1n) is 11.3. The number of benzene rings is 2. The Bertz CT molecular complexity index is 1360. The SMILES string of the molecule is CNc1nccc(-c2cccnc2Oc2ccc(N(C(N)=O)C(C)c3ccccc3C)cc2C)n1. The number of rotatable bonds is 7. The molecule has 1 unspecified atom stereocenters. The quantitative estimate of drug-likeness (QED) is 0.364. The van der Waals surface area contributed by atoms with E-state index in [-0.39, 0.29) is 6.04 Å². The summed E-state index contributed by atoms with van der Waals surface area (Å²) < 4.78 is 6.20. The van der Waals surface area contributed by atoms with Gasteiger partial charge in [0.2, 0.25) is 11.8 Å². The lowest BCUT2D eigenvalue weighted by Gasteiger charge is -2.29. The number of carbonyl (C=O) groups excluding carboxylic acids is 1. The topological polar surface area (TPSA) is 106 Å². The van der Waals surface area contributed by atoms with E-state index in [9.17, 15) is 4.79 Å². The number of urea groups is 1. The molecule has 4 rings (SSSR count). The van der Waals surface area contributed by atoms with Gasteiger partial charge in [-0.2, -0.15) is 0 Å². The molecule has 8 nitrogen and oxygen atoms in total. The normalized spacial score (nSPS) is 11.5. The van der Waals surface area contributed by atoms with Gasteiger partial charge in [-0.3, -0.25) is 4.90 Å². The lowest BCUT2D eigenvalue weighted by Crippen LogP contribution is -2.38. The molecule has 35 heavy (non-hydrogen) atoms. The van der Waals surface area contributed by atoms with E-state index in [1.807, 2.05) is 75.4 Å². The Labute approximate surface area is 204 Å². The molecule has 0 fully saturated rings. The average molecular weight is 469 g/mol. The maximum Gasteiger partial charge on any atom is 0.319 e. The zero-order valence-corrected chi connectivity index (χ0v) is 20.2. The summed E-state index contributed by atoms with van der Waals surface area (Å²) in [6, 6.07) is 18.3. The van der Waals surface area contributed by atoms with Gasteiger partial charge in [0, 0.05) is 25.1 Å². The zero-order chi connectivity index (χ0) is 24.9. The summed E-state index contributed by atoms with van der Waals surface area (Å²) in [6.45, 7) is 5.91. The third-order valence-corrected chi connectivity index (χ3v) is 5.83. The molecule has 0 saturated heterocycles. The molecule has 0 radical (unpaired) electrons. The van der Waals surface area contributed by atoms with Crippen molar-refractivity contribution < 1.29 is 9.53 Å². The number of nitrogens with one attached hydrogen (secondary N) is 1. The standard InChI is InChI=1S/C27H28N6O2/c1-17-8-5-6-9-21(17)19(3)33(26(28)34)20-11-12-24(18(2)16-20)35-25-22(10-7-14-30-25)23-13-15-31-27(29-4)32-23/h5-16,19H,1-4H3,(H2,28,34)(H,29,31,32). The number of aryl methyl sites for hydroxylation is 2. The van der Waals surface area contributed by atoms with E-state index in [1.54, 1.807) is 30.4 Å². The highest BCUT2D eigenvalue weighted by Gasteiger charge is 2.23. The first-order valence-corrected chi connectivity index (χ1v) is 11.3. The van der Waals surface area contributed by atoms with Gasteiger partial charge in [-0.15, -0.1) is 0 Å². The lowest BCUT2D eigenvalue weighted by atomic mass is 10.0. The molecular formula is C27H28N6O2. The van der Waals surface area contributed by atoms with Gasteiger partial charge in [-0.25, -0.2) is 19.7 Å². The Balaban J connectivity index is 1.65. The van der Waals surface area contributed by atoms with Crippen molar-refractivity contribution in [3.63, 3.8) is 0 Å². The van der Waals surface area contributed by atoms with Crippen LogP contribution in [-0.4, -0.2) is 28.0 Å². The van der Waals surface area contributed by atoms with Crippen molar-refractivity contribution in [1.29, 1.82) is 0 Å². The second-order valence-corrected chi connectivity index (χ2v) is 8.16. The summed E-state index contributed by atoms with van der Waals surface area (Å²) >= 11 is 0. The number of nitrogens with zero attached hydrogens (tertiary/aromatic N) is 4. The molecule has 0 saturated carbocycles. The summed E-state index contributed by atoms with van der Waals surface area (Å²) in [4.78, 5) is 27.1. The highest BCUT2D eigenvalue weighted by Crippen LogP contribution is 2.35. The Hall–Kier alpha value is -4.46.